The van der Waals surface area contributed by atoms with E-state index in [1.807, 2.05) is 16.8 Å². The van der Waals surface area contributed by atoms with E-state index in [1.54, 1.807) is 35.6 Å². The fourth-order valence-corrected chi connectivity index (χ4v) is 2.56. The van der Waals surface area contributed by atoms with Crippen LogP contribution in [-0.4, -0.2) is 11.8 Å². The topological polar surface area (TPSA) is 58.2 Å². The number of halogens is 1. The maximum atomic E-state index is 11.7. The molecule has 0 aliphatic carbocycles. The maximum Gasteiger partial charge on any atom is 0.242 e. The number of hydrazine groups is 1. The summed E-state index contributed by atoms with van der Waals surface area (Å²) in [6.07, 6.45) is 1.21. The van der Waals surface area contributed by atoms with Crippen LogP contribution in [-0.2, 0) is 22.4 Å². The smallest absolute Gasteiger partial charge is 0.242 e. The molecule has 0 fully saturated rings. The van der Waals surface area contributed by atoms with Gasteiger partial charge in [-0.1, -0.05) is 23.7 Å². The van der Waals surface area contributed by atoms with Crippen LogP contribution in [0.25, 0.3) is 0 Å². The summed E-state index contributed by atoms with van der Waals surface area (Å²) in [6.45, 7) is 0. The van der Waals surface area contributed by atoms with Gasteiger partial charge < -0.3 is 0 Å². The molecule has 6 heteroatoms. The van der Waals surface area contributed by atoms with Crippen molar-refractivity contribution >= 4 is 34.8 Å². The summed E-state index contributed by atoms with van der Waals surface area (Å²) in [5.41, 5.74) is 6.79. The third kappa shape index (κ3) is 5.57. The second-order valence-corrected chi connectivity index (χ2v) is 5.75. The molecule has 2 amide bonds. The number of aryl methyl sites for hydroxylation is 1. The summed E-state index contributed by atoms with van der Waals surface area (Å²) in [5, 5.41) is 4.61. The number of hydrogen-bond donors (Lipinski definition) is 2. The number of carbonyl (C=O) groups is 2. The minimum absolute atomic E-state index is 0.196. The zero-order valence-corrected chi connectivity index (χ0v) is 12.8. The van der Waals surface area contributed by atoms with E-state index in [1.165, 1.54) is 0 Å². The van der Waals surface area contributed by atoms with Crippen molar-refractivity contribution in [3.8, 4) is 0 Å². The van der Waals surface area contributed by atoms with Crippen molar-refractivity contribution in [2.24, 2.45) is 0 Å². The van der Waals surface area contributed by atoms with Crippen LogP contribution in [0.15, 0.2) is 41.1 Å². The fraction of sp³-hybridized carbons (Fsp3) is 0.200. The molecular formula is C15H15ClN2O2S. The van der Waals surface area contributed by atoms with Crippen molar-refractivity contribution in [2.45, 2.75) is 19.3 Å². The van der Waals surface area contributed by atoms with E-state index in [0.717, 1.165) is 11.1 Å². The molecule has 21 heavy (non-hydrogen) atoms. The third-order valence-corrected chi connectivity index (χ3v) is 3.82. The summed E-state index contributed by atoms with van der Waals surface area (Å²) in [4.78, 5) is 23.3. The second kappa shape index (κ2) is 7.81. The van der Waals surface area contributed by atoms with Gasteiger partial charge in [0.2, 0.25) is 11.8 Å². The molecule has 1 aromatic heterocycles. The van der Waals surface area contributed by atoms with E-state index in [-0.39, 0.29) is 18.2 Å². The molecule has 0 atom stereocenters. The standard InChI is InChI=1S/C15H15ClN2O2S/c16-13-4-1-11(2-5-13)9-15(20)18-17-14(19)6-3-12-7-8-21-10-12/h1-2,4-5,7-8,10H,3,6,9H2,(H,17,19)(H,18,20). The Morgan fingerprint density at radius 3 is 2.38 bits per heavy atom. The van der Waals surface area contributed by atoms with Crippen molar-refractivity contribution in [3.63, 3.8) is 0 Å². The van der Waals surface area contributed by atoms with Gasteiger partial charge in [0.05, 0.1) is 6.42 Å². The van der Waals surface area contributed by atoms with Crippen molar-refractivity contribution in [2.75, 3.05) is 0 Å². The zero-order valence-electron chi connectivity index (χ0n) is 11.3. The van der Waals surface area contributed by atoms with E-state index in [9.17, 15) is 9.59 Å². The maximum absolute atomic E-state index is 11.7. The molecule has 0 spiro atoms. The summed E-state index contributed by atoms with van der Waals surface area (Å²) in [5.74, 6) is -0.466. The molecule has 1 heterocycles. The summed E-state index contributed by atoms with van der Waals surface area (Å²) >= 11 is 7.37. The van der Waals surface area contributed by atoms with E-state index < -0.39 is 0 Å². The van der Waals surface area contributed by atoms with Crippen LogP contribution >= 0.6 is 22.9 Å². The Kier molecular flexibility index (Phi) is 5.78. The third-order valence-electron chi connectivity index (χ3n) is 2.84. The van der Waals surface area contributed by atoms with E-state index in [4.69, 9.17) is 11.6 Å². The van der Waals surface area contributed by atoms with Gasteiger partial charge in [-0.25, -0.2) is 0 Å². The second-order valence-electron chi connectivity index (χ2n) is 4.53. The molecule has 2 aromatic rings. The van der Waals surface area contributed by atoms with Crippen LogP contribution in [0.5, 0.6) is 0 Å². The zero-order chi connectivity index (χ0) is 15.1. The minimum Gasteiger partial charge on any atom is -0.273 e. The Labute approximate surface area is 132 Å². The lowest BCUT2D eigenvalue weighted by Gasteiger charge is -2.07. The number of amides is 2. The lowest BCUT2D eigenvalue weighted by atomic mass is 10.1. The number of thiophene rings is 1. The van der Waals surface area contributed by atoms with Gasteiger partial charge in [0.15, 0.2) is 0 Å². The molecule has 0 bridgehead atoms. The van der Waals surface area contributed by atoms with Gasteiger partial charge in [0.25, 0.3) is 0 Å². The first-order valence-electron chi connectivity index (χ1n) is 6.46. The molecule has 0 saturated carbocycles. The molecule has 110 valence electrons. The molecule has 0 saturated heterocycles. The van der Waals surface area contributed by atoms with Crippen LogP contribution < -0.4 is 10.9 Å². The van der Waals surface area contributed by atoms with Gasteiger partial charge in [-0.2, -0.15) is 11.3 Å². The quantitative estimate of drug-likeness (QED) is 0.832. The number of rotatable bonds is 5. The van der Waals surface area contributed by atoms with Crippen molar-refractivity contribution in [1.29, 1.82) is 0 Å². The SMILES string of the molecule is O=C(CCc1ccsc1)NNC(=O)Cc1ccc(Cl)cc1. The van der Waals surface area contributed by atoms with Crippen LogP contribution in [0.4, 0.5) is 0 Å². The molecule has 2 N–H and O–H groups in total. The number of carbonyl (C=O) groups excluding carboxylic acids is 2. The Balaban J connectivity index is 1.68. The molecule has 0 aliphatic rings. The predicted molar refractivity (Wildman–Crippen MR) is 84.1 cm³/mol. The number of benzene rings is 1. The van der Waals surface area contributed by atoms with Crippen molar-refractivity contribution in [1.82, 2.24) is 10.9 Å². The largest absolute Gasteiger partial charge is 0.273 e. The van der Waals surface area contributed by atoms with Crippen LogP contribution in [0.1, 0.15) is 17.5 Å². The van der Waals surface area contributed by atoms with Crippen LogP contribution in [0, 0.1) is 0 Å². The van der Waals surface area contributed by atoms with Gasteiger partial charge >= 0.3 is 0 Å². The van der Waals surface area contributed by atoms with Crippen molar-refractivity contribution < 1.29 is 9.59 Å². The Bertz CT molecular complexity index is 597. The van der Waals surface area contributed by atoms with Gasteiger partial charge in [0, 0.05) is 11.4 Å². The normalized spacial score (nSPS) is 10.1. The van der Waals surface area contributed by atoms with Crippen LogP contribution in [0.2, 0.25) is 5.02 Å². The highest BCUT2D eigenvalue weighted by Crippen LogP contribution is 2.10. The average Bonchev–Trinajstić information content (AvgIpc) is 2.99. The van der Waals surface area contributed by atoms with E-state index in [2.05, 4.69) is 10.9 Å². The molecule has 0 radical (unpaired) electrons. The molecular weight excluding hydrogens is 308 g/mol. The molecule has 0 unspecified atom stereocenters. The number of nitrogens with one attached hydrogen (secondary N) is 2. The summed E-state index contributed by atoms with van der Waals surface area (Å²) in [6, 6.07) is 8.99. The lowest BCUT2D eigenvalue weighted by molar-refractivity contribution is -0.128. The van der Waals surface area contributed by atoms with Gasteiger partial charge in [0.1, 0.15) is 0 Å². The molecule has 1 aromatic carbocycles. The highest BCUT2D eigenvalue weighted by Gasteiger charge is 2.06. The average molecular weight is 323 g/mol. The first-order chi connectivity index (χ1) is 10.1. The van der Waals surface area contributed by atoms with Gasteiger partial charge in [-0.05, 0) is 46.5 Å². The first-order valence-corrected chi connectivity index (χ1v) is 7.79. The van der Waals surface area contributed by atoms with Crippen LogP contribution in [0.3, 0.4) is 0 Å². The van der Waals surface area contributed by atoms with Crippen molar-refractivity contribution in [3.05, 3.63) is 57.2 Å². The Morgan fingerprint density at radius 2 is 1.71 bits per heavy atom. The van der Waals surface area contributed by atoms with E-state index in [0.29, 0.717) is 17.9 Å². The first kappa shape index (κ1) is 15.5. The van der Waals surface area contributed by atoms with E-state index >= 15 is 0 Å². The fourth-order valence-electron chi connectivity index (χ4n) is 1.73. The van der Waals surface area contributed by atoms with Gasteiger partial charge in [-0.15, -0.1) is 0 Å². The minimum atomic E-state index is -0.263. The summed E-state index contributed by atoms with van der Waals surface area (Å²) in [7, 11) is 0. The van der Waals surface area contributed by atoms with Gasteiger partial charge in [-0.3, -0.25) is 20.4 Å². The lowest BCUT2D eigenvalue weighted by Crippen LogP contribution is -2.42. The predicted octanol–water partition coefficient (Wildman–Crippen LogP) is 2.72. The molecule has 2 rings (SSSR count). The highest BCUT2D eigenvalue weighted by molar-refractivity contribution is 7.07. The Hall–Kier alpha value is -1.85. The molecule has 4 nitrogen and oxygen atoms in total. The monoisotopic (exact) mass is 322 g/mol. The number of hydrogen-bond acceptors (Lipinski definition) is 3. The molecule has 0 aliphatic heterocycles. The Morgan fingerprint density at radius 1 is 1.00 bits per heavy atom. The highest BCUT2D eigenvalue weighted by atomic mass is 35.5. The summed E-state index contributed by atoms with van der Waals surface area (Å²) < 4.78 is 0.